The van der Waals surface area contributed by atoms with Crippen molar-refractivity contribution in [2.45, 2.75) is 12.0 Å². The summed E-state index contributed by atoms with van der Waals surface area (Å²) in [7, 11) is 0. The summed E-state index contributed by atoms with van der Waals surface area (Å²) in [4.78, 5) is 6.51. The molecule has 0 bridgehead atoms. The van der Waals surface area contributed by atoms with Gasteiger partial charge in [0.1, 0.15) is 0 Å². The standard InChI is InChI=1S/C19H18N2O2/c22-11-18(23)19(14-9-20-16-7-3-1-5-12(14)16)15-10-21-17-8-4-2-6-13(15)17/h1-10,18-23H,11H2/t18-/m1/s1. The number of aromatic amines is 2. The van der Waals surface area contributed by atoms with Crippen LogP contribution in [0.2, 0.25) is 0 Å². The lowest BCUT2D eigenvalue weighted by Gasteiger charge is -2.21. The van der Waals surface area contributed by atoms with E-state index < -0.39 is 6.10 Å². The third-order valence-corrected chi connectivity index (χ3v) is 4.48. The molecule has 0 spiro atoms. The number of fused-ring (bicyclic) bond motifs is 2. The zero-order valence-corrected chi connectivity index (χ0v) is 12.5. The Bertz CT molecular complexity index is 880. The summed E-state index contributed by atoms with van der Waals surface area (Å²) in [6.07, 6.45) is 2.99. The minimum atomic E-state index is -0.867. The molecule has 4 nitrogen and oxygen atoms in total. The van der Waals surface area contributed by atoms with E-state index >= 15 is 0 Å². The van der Waals surface area contributed by atoms with Crippen LogP contribution in [0.4, 0.5) is 0 Å². The Balaban J connectivity index is 1.95. The molecule has 4 aromatic rings. The summed E-state index contributed by atoms with van der Waals surface area (Å²) in [5.74, 6) is -0.299. The van der Waals surface area contributed by atoms with Crippen LogP contribution in [-0.4, -0.2) is 32.9 Å². The highest BCUT2D eigenvalue weighted by atomic mass is 16.3. The van der Waals surface area contributed by atoms with Gasteiger partial charge >= 0.3 is 0 Å². The fourth-order valence-electron chi connectivity index (χ4n) is 3.39. The van der Waals surface area contributed by atoms with Crippen LogP contribution < -0.4 is 0 Å². The van der Waals surface area contributed by atoms with Crippen LogP contribution in [0.5, 0.6) is 0 Å². The Hall–Kier alpha value is -2.56. The maximum atomic E-state index is 10.5. The number of aliphatic hydroxyl groups is 2. The number of para-hydroxylation sites is 2. The minimum Gasteiger partial charge on any atom is -0.394 e. The number of hydrogen-bond donors (Lipinski definition) is 4. The summed E-state index contributed by atoms with van der Waals surface area (Å²) < 4.78 is 0. The summed E-state index contributed by atoms with van der Waals surface area (Å²) in [6.45, 7) is -0.288. The first-order valence-corrected chi connectivity index (χ1v) is 7.70. The van der Waals surface area contributed by atoms with Gasteiger partial charge in [-0.05, 0) is 23.3 Å². The zero-order chi connectivity index (χ0) is 15.8. The molecule has 0 aliphatic carbocycles. The topological polar surface area (TPSA) is 72.0 Å². The van der Waals surface area contributed by atoms with Crippen molar-refractivity contribution >= 4 is 21.8 Å². The van der Waals surface area contributed by atoms with E-state index in [0.717, 1.165) is 32.9 Å². The van der Waals surface area contributed by atoms with Gasteiger partial charge in [-0.2, -0.15) is 0 Å². The van der Waals surface area contributed by atoms with Crippen LogP contribution in [0.15, 0.2) is 60.9 Å². The van der Waals surface area contributed by atoms with Crippen LogP contribution in [0.1, 0.15) is 17.0 Å². The number of H-pyrrole nitrogens is 2. The number of hydrogen-bond acceptors (Lipinski definition) is 2. The Morgan fingerprint density at radius 2 is 1.26 bits per heavy atom. The van der Waals surface area contributed by atoms with Crippen LogP contribution >= 0.6 is 0 Å². The van der Waals surface area contributed by atoms with Crippen LogP contribution in [0, 0.1) is 0 Å². The highest BCUT2D eigenvalue weighted by Crippen LogP contribution is 2.36. The highest BCUT2D eigenvalue weighted by Gasteiger charge is 2.27. The van der Waals surface area contributed by atoms with Crippen molar-refractivity contribution < 1.29 is 10.2 Å². The first kappa shape index (κ1) is 14.1. The van der Waals surface area contributed by atoms with Crippen molar-refractivity contribution in [1.82, 2.24) is 9.97 Å². The largest absolute Gasteiger partial charge is 0.394 e. The first-order valence-electron chi connectivity index (χ1n) is 7.70. The van der Waals surface area contributed by atoms with Gasteiger partial charge in [0.05, 0.1) is 12.7 Å². The average Bonchev–Trinajstić information content (AvgIpc) is 3.20. The number of benzene rings is 2. The lowest BCUT2D eigenvalue weighted by atomic mass is 9.86. The van der Waals surface area contributed by atoms with Gasteiger partial charge in [-0.3, -0.25) is 0 Å². The molecule has 4 N–H and O–H groups in total. The third kappa shape index (κ3) is 2.23. The molecule has 2 heterocycles. The Morgan fingerprint density at radius 1 is 0.783 bits per heavy atom. The van der Waals surface area contributed by atoms with E-state index in [1.54, 1.807) is 0 Å². The molecule has 0 radical (unpaired) electrons. The number of nitrogens with one attached hydrogen (secondary N) is 2. The Kier molecular flexibility index (Phi) is 3.41. The monoisotopic (exact) mass is 306 g/mol. The molecule has 23 heavy (non-hydrogen) atoms. The quantitative estimate of drug-likeness (QED) is 0.468. The predicted octanol–water partition coefficient (Wildman–Crippen LogP) is 3.13. The summed E-state index contributed by atoms with van der Waals surface area (Å²) >= 11 is 0. The van der Waals surface area contributed by atoms with E-state index in [0.29, 0.717) is 0 Å². The van der Waals surface area contributed by atoms with Crippen LogP contribution in [-0.2, 0) is 0 Å². The second-order valence-electron chi connectivity index (χ2n) is 5.81. The first-order chi connectivity index (χ1) is 11.3. The Labute approximate surface area is 133 Å². The van der Waals surface area contributed by atoms with Gasteiger partial charge < -0.3 is 20.2 Å². The van der Waals surface area contributed by atoms with E-state index in [2.05, 4.69) is 9.97 Å². The van der Waals surface area contributed by atoms with Crippen LogP contribution in [0.3, 0.4) is 0 Å². The molecular formula is C19H18N2O2. The fraction of sp³-hybridized carbons (Fsp3) is 0.158. The van der Waals surface area contributed by atoms with Crippen LogP contribution in [0.25, 0.3) is 21.8 Å². The summed E-state index contributed by atoms with van der Waals surface area (Å²) in [5, 5.41) is 22.2. The molecule has 0 aliphatic heterocycles. The molecule has 1 atom stereocenters. The molecule has 116 valence electrons. The third-order valence-electron chi connectivity index (χ3n) is 4.48. The van der Waals surface area contributed by atoms with E-state index in [1.807, 2.05) is 60.9 Å². The van der Waals surface area contributed by atoms with Crippen molar-refractivity contribution in [3.05, 3.63) is 72.1 Å². The van der Waals surface area contributed by atoms with E-state index in [-0.39, 0.29) is 12.5 Å². The molecule has 0 saturated heterocycles. The minimum absolute atomic E-state index is 0.288. The van der Waals surface area contributed by atoms with Crippen molar-refractivity contribution in [3.8, 4) is 0 Å². The van der Waals surface area contributed by atoms with Gasteiger partial charge in [0.15, 0.2) is 0 Å². The molecule has 2 aromatic carbocycles. The SMILES string of the molecule is OC[C@@H](O)C(c1c[nH]c2ccccc12)c1c[nH]c2ccccc12. The van der Waals surface area contributed by atoms with Gasteiger partial charge in [0.2, 0.25) is 0 Å². The van der Waals surface area contributed by atoms with Gasteiger partial charge in [-0.15, -0.1) is 0 Å². The number of aliphatic hydroxyl groups excluding tert-OH is 2. The Morgan fingerprint density at radius 3 is 1.74 bits per heavy atom. The molecular weight excluding hydrogens is 288 g/mol. The van der Waals surface area contributed by atoms with Gasteiger partial charge in [-0.25, -0.2) is 0 Å². The lowest BCUT2D eigenvalue weighted by molar-refractivity contribution is 0.0829. The second-order valence-corrected chi connectivity index (χ2v) is 5.81. The lowest BCUT2D eigenvalue weighted by Crippen LogP contribution is -2.23. The predicted molar refractivity (Wildman–Crippen MR) is 91.5 cm³/mol. The van der Waals surface area contributed by atoms with Gasteiger partial charge in [0.25, 0.3) is 0 Å². The van der Waals surface area contributed by atoms with Gasteiger partial charge in [-0.1, -0.05) is 36.4 Å². The molecule has 2 aromatic heterocycles. The summed E-state index contributed by atoms with van der Waals surface area (Å²) in [5.41, 5.74) is 4.04. The normalized spacial score (nSPS) is 13.2. The second kappa shape index (κ2) is 5.57. The molecule has 4 heteroatoms. The van der Waals surface area contributed by atoms with Crippen molar-refractivity contribution in [2.24, 2.45) is 0 Å². The maximum Gasteiger partial charge on any atom is 0.0881 e. The van der Waals surface area contributed by atoms with Crippen molar-refractivity contribution in [1.29, 1.82) is 0 Å². The van der Waals surface area contributed by atoms with Gasteiger partial charge in [0, 0.05) is 40.1 Å². The highest BCUT2D eigenvalue weighted by molar-refractivity contribution is 5.88. The van der Waals surface area contributed by atoms with E-state index in [4.69, 9.17) is 0 Å². The summed E-state index contributed by atoms with van der Waals surface area (Å²) in [6, 6.07) is 16.0. The fourth-order valence-corrected chi connectivity index (χ4v) is 3.39. The molecule has 0 fully saturated rings. The van der Waals surface area contributed by atoms with Crippen molar-refractivity contribution in [3.63, 3.8) is 0 Å². The molecule has 4 rings (SSSR count). The molecule has 0 amide bonds. The average molecular weight is 306 g/mol. The molecule has 0 aliphatic rings. The van der Waals surface area contributed by atoms with E-state index in [9.17, 15) is 10.2 Å². The smallest absolute Gasteiger partial charge is 0.0881 e. The molecule has 0 unspecified atom stereocenters. The van der Waals surface area contributed by atoms with Crippen molar-refractivity contribution in [2.75, 3.05) is 6.61 Å². The number of rotatable bonds is 4. The zero-order valence-electron chi connectivity index (χ0n) is 12.5. The molecule has 0 saturated carbocycles. The number of aromatic nitrogens is 2. The maximum absolute atomic E-state index is 10.5. The van der Waals surface area contributed by atoms with E-state index in [1.165, 1.54) is 0 Å².